The van der Waals surface area contributed by atoms with Gasteiger partial charge >= 0.3 is 0 Å². The third-order valence-electron chi connectivity index (χ3n) is 3.14. The number of pyridine rings is 1. The molecular formula is C13H15N3O2. The number of hydrogen-bond acceptors (Lipinski definition) is 3. The summed E-state index contributed by atoms with van der Waals surface area (Å²) >= 11 is 0. The van der Waals surface area contributed by atoms with E-state index >= 15 is 0 Å². The van der Waals surface area contributed by atoms with Crippen molar-refractivity contribution in [1.82, 2.24) is 14.9 Å². The van der Waals surface area contributed by atoms with Crippen LogP contribution in [0.4, 0.5) is 0 Å². The van der Waals surface area contributed by atoms with Gasteiger partial charge in [-0.15, -0.1) is 0 Å². The second kappa shape index (κ2) is 4.42. The van der Waals surface area contributed by atoms with Crippen LogP contribution in [0.2, 0.25) is 0 Å². The Morgan fingerprint density at radius 1 is 1.39 bits per heavy atom. The van der Waals surface area contributed by atoms with Gasteiger partial charge in [0.2, 0.25) is 0 Å². The third kappa shape index (κ3) is 1.97. The molecule has 5 heteroatoms. The number of carbonyl (C=O) groups excluding carboxylic acids is 1. The molecule has 1 fully saturated rings. The minimum Gasteiger partial charge on any atom is -0.378 e. The van der Waals surface area contributed by atoms with Crippen LogP contribution in [0.25, 0.3) is 11.0 Å². The van der Waals surface area contributed by atoms with E-state index in [1.807, 2.05) is 25.1 Å². The molecule has 1 saturated heterocycles. The van der Waals surface area contributed by atoms with Crippen LogP contribution in [0.1, 0.15) is 16.2 Å². The second-order valence-corrected chi connectivity index (χ2v) is 4.47. The molecule has 1 aliphatic heterocycles. The van der Waals surface area contributed by atoms with Gasteiger partial charge < -0.3 is 14.6 Å². The van der Waals surface area contributed by atoms with Crippen molar-refractivity contribution in [2.75, 3.05) is 26.3 Å². The fraction of sp³-hybridized carbons (Fsp3) is 0.385. The van der Waals surface area contributed by atoms with Gasteiger partial charge in [-0.05, 0) is 25.1 Å². The van der Waals surface area contributed by atoms with E-state index in [-0.39, 0.29) is 5.91 Å². The van der Waals surface area contributed by atoms with Crippen LogP contribution in [0.5, 0.6) is 0 Å². The minimum atomic E-state index is 0.0222. The Balaban J connectivity index is 1.91. The molecule has 0 spiro atoms. The topological polar surface area (TPSA) is 58.2 Å². The van der Waals surface area contributed by atoms with E-state index in [1.54, 1.807) is 4.90 Å². The fourth-order valence-electron chi connectivity index (χ4n) is 2.16. The largest absolute Gasteiger partial charge is 0.378 e. The molecule has 1 amide bonds. The molecule has 0 bridgehead atoms. The average Bonchev–Trinajstić information content (AvgIpc) is 2.81. The molecule has 5 nitrogen and oxygen atoms in total. The van der Waals surface area contributed by atoms with E-state index in [9.17, 15) is 4.79 Å². The van der Waals surface area contributed by atoms with Gasteiger partial charge in [0.05, 0.1) is 24.2 Å². The molecule has 0 unspecified atom stereocenters. The summed E-state index contributed by atoms with van der Waals surface area (Å²) in [7, 11) is 0. The zero-order chi connectivity index (χ0) is 12.5. The Morgan fingerprint density at radius 3 is 2.94 bits per heavy atom. The second-order valence-electron chi connectivity index (χ2n) is 4.47. The number of H-pyrrole nitrogens is 1. The smallest absolute Gasteiger partial charge is 0.270 e. The van der Waals surface area contributed by atoms with Crippen molar-refractivity contribution in [2.24, 2.45) is 0 Å². The van der Waals surface area contributed by atoms with Crippen molar-refractivity contribution >= 4 is 16.9 Å². The van der Waals surface area contributed by atoms with Crippen molar-refractivity contribution < 1.29 is 9.53 Å². The monoisotopic (exact) mass is 245 g/mol. The SMILES string of the molecule is Cc1ccc2[nH]c(C(=O)N3CCOCC3)cc2n1. The number of rotatable bonds is 1. The summed E-state index contributed by atoms with van der Waals surface area (Å²) in [5, 5.41) is 0. The highest BCUT2D eigenvalue weighted by Crippen LogP contribution is 2.15. The van der Waals surface area contributed by atoms with E-state index in [0.717, 1.165) is 16.7 Å². The first-order valence-electron chi connectivity index (χ1n) is 6.07. The average molecular weight is 245 g/mol. The maximum absolute atomic E-state index is 12.3. The first-order valence-corrected chi connectivity index (χ1v) is 6.07. The van der Waals surface area contributed by atoms with Gasteiger partial charge in [-0.25, -0.2) is 0 Å². The Hall–Kier alpha value is -1.88. The number of ether oxygens (including phenoxy) is 1. The maximum Gasteiger partial charge on any atom is 0.270 e. The molecule has 94 valence electrons. The number of aromatic amines is 1. The third-order valence-corrected chi connectivity index (χ3v) is 3.14. The van der Waals surface area contributed by atoms with Crippen LogP contribution in [0.15, 0.2) is 18.2 Å². The van der Waals surface area contributed by atoms with Crippen molar-refractivity contribution in [2.45, 2.75) is 6.92 Å². The van der Waals surface area contributed by atoms with Gasteiger partial charge in [0, 0.05) is 18.8 Å². The summed E-state index contributed by atoms with van der Waals surface area (Å²) in [5.74, 6) is 0.0222. The van der Waals surface area contributed by atoms with Gasteiger partial charge in [0.15, 0.2) is 0 Å². The van der Waals surface area contributed by atoms with E-state index in [2.05, 4.69) is 9.97 Å². The summed E-state index contributed by atoms with van der Waals surface area (Å²) < 4.78 is 5.24. The quantitative estimate of drug-likeness (QED) is 0.825. The standard InChI is InChI=1S/C13H15N3O2/c1-9-2-3-10-11(14-9)8-12(15-10)13(17)16-4-6-18-7-5-16/h2-3,8,15H,4-7H2,1H3. The predicted octanol–water partition coefficient (Wildman–Crippen LogP) is 1.34. The molecule has 3 heterocycles. The van der Waals surface area contributed by atoms with Crippen LogP contribution in [-0.2, 0) is 4.74 Å². The molecule has 1 N–H and O–H groups in total. The van der Waals surface area contributed by atoms with Crippen LogP contribution in [0, 0.1) is 6.92 Å². The van der Waals surface area contributed by atoms with Crippen LogP contribution >= 0.6 is 0 Å². The summed E-state index contributed by atoms with van der Waals surface area (Å²) in [6, 6.07) is 5.70. The number of nitrogens with one attached hydrogen (secondary N) is 1. The highest BCUT2D eigenvalue weighted by atomic mass is 16.5. The number of hydrogen-bond donors (Lipinski definition) is 1. The number of morpholine rings is 1. The van der Waals surface area contributed by atoms with Crippen molar-refractivity contribution in [3.63, 3.8) is 0 Å². The zero-order valence-corrected chi connectivity index (χ0v) is 10.3. The number of carbonyl (C=O) groups is 1. The van der Waals surface area contributed by atoms with Gasteiger partial charge in [0.1, 0.15) is 5.69 Å². The lowest BCUT2D eigenvalue weighted by Crippen LogP contribution is -2.40. The molecule has 0 atom stereocenters. The molecule has 3 rings (SSSR count). The number of amides is 1. The van der Waals surface area contributed by atoms with E-state index in [4.69, 9.17) is 4.74 Å². The van der Waals surface area contributed by atoms with Gasteiger partial charge in [0.25, 0.3) is 5.91 Å². The molecule has 0 aromatic carbocycles. The molecular weight excluding hydrogens is 230 g/mol. The maximum atomic E-state index is 12.3. The first kappa shape index (κ1) is 11.2. The summed E-state index contributed by atoms with van der Waals surface area (Å²) in [6.45, 7) is 4.48. The predicted molar refractivity (Wildman–Crippen MR) is 67.6 cm³/mol. The van der Waals surface area contributed by atoms with Gasteiger partial charge in [-0.3, -0.25) is 9.78 Å². The molecule has 0 aliphatic carbocycles. The van der Waals surface area contributed by atoms with Gasteiger partial charge in [-0.2, -0.15) is 0 Å². The van der Waals surface area contributed by atoms with E-state index in [0.29, 0.717) is 32.0 Å². The number of nitrogens with zero attached hydrogens (tertiary/aromatic N) is 2. The first-order chi connectivity index (χ1) is 8.74. The zero-order valence-electron chi connectivity index (χ0n) is 10.3. The fourth-order valence-corrected chi connectivity index (χ4v) is 2.16. The number of fused-ring (bicyclic) bond motifs is 1. The Bertz CT molecular complexity index is 585. The van der Waals surface area contributed by atoms with Crippen molar-refractivity contribution in [1.29, 1.82) is 0 Å². The highest BCUT2D eigenvalue weighted by Gasteiger charge is 2.20. The summed E-state index contributed by atoms with van der Waals surface area (Å²) in [5.41, 5.74) is 3.29. The Kier molecular flexibility index (Phi) is 2.76. The van der Waals surface area contributed by atoms with Crippen LogP contribution in [0.3, 0.4) is 0 Å². The Labute approximate surface area is 105 Å². The molecule has 1 aliphatic rings. The van der Waals surface area contributed by atoms with Crippen molar-refractivity contribution in [3.8, 4) is 0 Å². The lowest BCUT2D eigenvalue weighted by molar-refractivity contribution is 0.0299. The van der Waals surface area contributed by atoms with Crippen LogP contribution < -0.4 is 0 Å². The number of aromatic nitrogens is 2. The van der Waals surface area contributed by atoms with E-state index in [1.165, 1.54) is 0 Å². The molecule has 0 saturated carbocycles. The van der Waals surface area contributed by atoms with E-state index < -0.39 is 0 Å². The van der Waals surface area contributed by atoms with Crippen molar-refractivity contribution in [3.05, 3.63) is 29.6 Å². The molecule has 0 radical (unpaired) electrons. The summed E-state index contributed by atoms with van der Waals surface area (Å²) in [6.07, 6.45) is 0. The normalized spacial score (nSPS) is 16.2. The Morgan fingerprint density at radius 2 is 2.17 bits per heavy atom. The molecule has 2 aromatic rings. The van der Waals surface area contributed by atoms with Gasteiger partial charge in [-0.1, -0.05) is 0 Å². The molecule has 2 aromatic heterocycles. The lowest BCUT2D eigenvalue weighted by Gasteiger charge is -2.26. The summed E-state index contributed by atoms with van der Waals surface area (Å²) in [4.78, 5) is 21.6. The highest BCUT2D eigenvalue weighted by molar-refractivity contribution is 5.97. The minimum absolute atomic E-state index is 0.0222. The van der Waals surface area contributed by atoms with Crippen LogP contribution in [-0.4, -0.2) is 47.1 Å². The lowest BCUT2D eigenvalue weighted by atomic mass is 10.3. The molecule has 18 heavy (non-hydrogen) atoms. The number of aryl methyl sites for hydroxylation is 1.